The van der Waals surface area contributed by atoms with E-state index >= 15 is 0 Å². The Bertz CT molecular complexity index is 158. The Morgan fingerprint density at radius 1 is 1.50 bits per heavy atom. The molecule has 0 bridgehead atoms. The highest BCUT2D eigenvalue weighted by Crippen LogP contribution is 1.90. The zero-order valence-electron chi connectivity index (χ0n) is 6.59. The van der Waals surface area contributed by atoms with Crippen LogP contribution in [0.1, 0.15) is 13.8 Å². The second-order valence-electron chi connectivity index (χ2n) is 1.57. The molecule has 0 aliphatic rings. The van der Waals surface area contributed by atoms with E-state index < -0.39 is 0 Å². The lowest BCUT2D eigenvalue weighted by molar-refractivity contribution is 1.49. The molecule has 0 aromatic carbocycles. The lowest BCUT2D eigenvalue weighted by Gasteiger charge is -1.80. The summed E-state index contributed by atoms with van der Waals surface area (Å²) in [6, 6.07) is 1.75. The zero-order chi connectivity index (χ0) is 8.41. The third-order valence-corrected chi connectivity index (χ3v) is 0.703. The second kappa shape index (κ2) is 10.6. The van der Waals surface area contributed by atoms with E-state index in [9.17, 15) is 0 Å². The number of rotatable bonds is 2. The molecule has 0 radical (unpaired) electrons. The molecule has 0 aliphatic heterocycles. The van der Waals surface area contributed by atoms with Gasteiger partial charge in [0.2, 0.25) is 0 Å². The monoisotopic (exact) mass is 135 g/mol. The normalized spacial score (nSPS) is 8.30. The van der Waals surface area contributed by atoms with E-state index in [1.54, 1.807) is 18.2 Å². The van der Waals surface area contributed by atoms with Crippen molar-refractivity contribution in [3.05, 3.63) is 37.0 Å². The summed E-state index contributed by atoms with van der Waals surface area (Å²) in [5.74, 6) is 0. The lowest BCUT2D eigenvalue weighted by Crippen LogP contribution is -1.58. The highest BCUT2D eigenvalue weighted by Gasteiger charge is 1.68. The number of allylic oxidation sites excluding steroid dienone is 4. The van der Waals surface area contributed by atoms with Crippen molar-refractivity contribution < 1.29 is 0 Å². The van der Waals surface area contributed by atoms with Gasteiger partial charge >= 0.3 is 0 Å². The molecule has 1 heteroatoms. The van der Waals surface area contributed by atoms with Crippen LogP contribution >= 0.6 is 0 Å². The molecule has 0 atom stereocenters. The summed E-state index contributed by atoms with van der Waals surface area (Å²) in [7, 11) is 0. The fourth-order valence-corrected chi connectivity index (χ4v) is 0.254. The van der Waals surface area contributed by atoms with Crippen LogP contribution < -0.4 is 0 Å². The quantitative estimate of drug-likeness (QED) is 0.534. The maximum Gasteiger partial charge on any atom is 0.0587 e. The van der Waals surface area contributed by atoms with Crippen molar-refractivity contribution in [2.24, 2.45) is 0 Å². The summed E-state index contributed by atoms with van der Waals surface area (Å²) < 4.78 is 0. The minimum absolute atomic E-state index is 1.15. The maximum atomic E-state index is 7.32. The van der Waals surface area contributed by atoms with Crippen molar-refractivity contribution in [2.75, 3.05) is 0 Å². The Morgan fingerprint density at radius 3 is 2.00 bits per heavy atom. The van der Waals surface area contributed by atoms with Gasteiger partial charge in [0.05, 0.1) is 6.07 Å². The molecule has 0 spiro atoms. The molecule has 10 heavy (non-hydrogen) atoms. The van der Waals surface area contributed by atoms with Gasteiger partial charge in [-0.3, -0.25) is 0 Å². The predicted molar refractivity (Wildman–Crippen MR) is 45.4 cm³/mol. The molecular weight excluding hydrogens is 122 g/mol. The van der Waals surface area contributed by atoms with Crippen LogP contribution in [0.25, 0.3) is 0 Å². The molecule has 54 valence electrons. The van der Waals surface area contributed by atoms with Gasteiger partial charge in [-0.15, -0.1) is 0 Å². The van der Waals surface area contributed by atoms with Gasteiger partial charge in [-0.1, -0.05) is 37.0 Å². The molecule has 0 saturated carbocycles. The molecule has 0 fully saturated rings. The molecule has 0 rings (SSSR count). The van der Waals surface area contributed by atoms with E-state index in [1.807, 2.05) is 13.0 Å². The third-order valence-electron chi connectivity index (χ3n) is 0.703. The van der Waals surface area contributed by atoms with Crippen LogP contribution in [0.2, 0.25) is 0 Å². The number of nitriles is 1. The van der Waals surface area contributed by atoms with Crippen molar-refractivity contribution in [3.63, 3.8) is 0 Å². The van der Waals surface area contributed by atoms with E-state index in [0.29, 0.717) is 0 Å². The Hall–Kier alpha value is -1.29. The molecule has 0 heterocycles. The molecule has 0 saturated heterocycles. The fraction of sp³-hybridized carbons (Fsp3) is 0.222. The molecular formula is C9H13N. The van der Waals surface area contributed by atoms with Crippen molar-refractivity contribution in [2.45, 2.75) is 13.8 Å². The van der Waals surface area contributed by atoms with Gasteiger partial charge in [0, 0.05) is 6.92 Å². The number of hydrogen-bond acceptors (Lipinski definition) is 1. The third kappa shape index (κ3) is 15.9. The molecule has 0 N–H and O–H groups in total. The van der Waals surface area contributed by atoms with E-state index in [2.05, 4.69) is 13.2 Å². The first-order valence-electron chi connectivity index (χ1n) is 2.95. The van der Waals surface area contributed by atoms with Crippen LogP contribution in [0.5, 0.6) is 0 Å². The number of hydrogen-bond donors (Lipinski definition) is 0. The average molecular weight is 135 g/mol. The van der Waals surface area contributed by atoms with E-state index in [4.69, 9.17) is 5.26 Å². The first-order chi connectivity index (χ1) is 4.72. The van der Waals surface area contributed by atoms with E-state index in [1.165, 1.54) is 6.92 Å². The summed E-state index contributed by atoms with van der Waals surface area (Å²) in [5, 5.41) is 7.32. The van der Waals surface area contributed by atoms with Crippen LogP contribution in [0.3, 0.4) is 0 Å². The smallest absolute Gasteiger partial charge is 0.0587 e. The zero-order valence-corrected chi connectivity index (χ0v) is 6.59. The van der Waals surface area contributed by atoms with Crippen molar-refractivity contribution in [1.29, 1.82) is 5.26 Å². The SMILES string of the molecule is C=C/C=C(/C)C=C.CC#N. The summed E-state index contributed by atoms with van der Waals surface area (Å²) in [6.07, 6.45) is 5.45. The van der Waals surface area contributed by atoms with Gasteiger partial charge in [-0.2, -0.15) is 5.26 Å². The van der Waals surface area contributed by atoms with Crippen LogP contribution in [0.15, 0.2) is 37.0 Å². The topological polar surface area (TPSA) is 23.8 Å². The Kier molecular flexibility index (Phi) is 12.2. The minimum Gasteiger partial charge on any atom is -0.199 e. The summed E-state index contributed by atoms with van der Waals surface area (Å²) >= 11 is 0. The van der Waals surface area contributed by atoms with Crippen LogP contribution in [0.4, 0.5) is 0 Å². The maximum absolute atomic E-state index is 7.32. The van der Waals surface area contributed by atoms with Crippen molar-refractivity contribution in [1.82, 2.24) is 0 Å². The first kappa shape index (κ1) is 11.5. The van der Waals surface area contributed by atoms with Gasteiger partial charge < -0.3 is 0 Å². The summed E-state index contributed by atoms with van der Waals surface area (Å²) in [5.41, 5.74) is 1.15. The van der Waals surface area contributed by atoms with Crippen molar-refractivity contribution >= 4 is 0 Å². The molecule has 0 aromatic heterocycles. The highest BCUT2D eigenvalue weighted by molar-refractivity contribution is 5.17. The summed E-state index contributed by atoms with van der Waals surface area (Å²) in [4.78, 5) is 0. The fourth-order valence-electron chi connectivity index (χ4n) is 0.254. The average Bonchev–Trinajstić information content (AvgIpc) is 1.90. The standard InChI is InChI=1S/C7H10.C2H3N/c1-4-6-7(3)5-2;1-2-3/h4-6H,1-2H2,3H3;1H3/b7-6-;. The molecule has 1 nitrogen and oxygen atoms in total. The van der Waals surface area contributed by atoms with Gasteiger partial charge in [0.25, 0.3) is 0 Å². The van der Waals surface area contributed by atoms with Crippen LogP contribution in [-0.4, -0.2) is 0 Å². The van der Waals surface area contributed by atoms with E-state index in [-0.39, 0.29) is 0 Å². The largest absolute Gasteiger partial charge is 0.199 e. The predicted octanol–water partition coefficient (Wildman–Crippen LogP) is 2.83. The lowest BCUT2D eigenvalue weighted by atomic mass is 10.3. The molecule has 0 amide bonds. The minimum atomic E-state index is 1.15. The van der Waals surface area contributed by atoms with Gasteiger partial charge in [0.1, 0.15) is 0 Å². The Labute approximate surface area is 63.0 Å². The van der Waals surface area contributed by atoms with Gasteiger partial charge in [-0.05, 0) is 6.92 Å². The van der Waals surface area contributed by atoms with Crippen molar-refractivity contribution in [3.8, 4) is 6.07 Å². The molecule has 0 aliphatic carbocycles. The number of nitrogens with zero attached hydrogens (tertiary/aromatic N) is 1. The van der Waals surface area contributed by atoms with Crippen LogP contribution in [0, 0.1) is 11.3 Å². The molecule has 0 unspecified atom stereocenters. The molecule has 0 aromatic rings. The van der Waals surface area contributed by atoms with Gasteiger partial charge in [0.15, 0.2) is 0 Å². The Morgan fingerprint density at radius 2 is 1.90 bits per heavy atom. The Balaban J connectivity index is 0. The first-order valence-corrected chi connectivity index (χ1v) is 2.95. The van der Waals surface area contributed by atoms with Crippen LogP contribution in [-0.2, 0) is 0 Å². The van der Waals surface area contributed by atoms with E-state index in [0.717, 1.165) is 5.57 Å². The summed E-state index contributed by atoms with van der Waals surface area (Å²) in [6.45, 7) is 10.5. The van der Waals surface area contributed by atoms with Gasteiger partial charge in [-0.25, -0.2) is 0 Å². The highest BCUT2D eigenvalue weighted by atomic mass is 14.2. The second-order valence-corrected chi connectivity index (χ2v) is 1.57.